The molecule has 0 aliphatic heterocycles. The molecule has 0 bridgehead atoms. The van der Waals surface area contributed by atoms with Crippen LogP contribution < -0.4 is 0 Å². The molecule has 0 fully saturated rings. The number of rotatable bonds is 1. The van der Waals surface area contributed by atoms with Gasteiger partial charge < -0.3 is 0 Å². The molecule has 1 aromatic heterocycles. The summed E-state index contributed by atoms with van der Waals surface area (Å²) in [6.07, 6.45) is 3.38. The summed E-state index contributed by atoms with van der Waals surface area (Å²) in [7, 11) is 0. The molecule has 0 saturated heterocycles. The highest BCUT2D eigenvalue weighted by Gasteiger charge is 2.09. The minimum atomic E-state index is -0.574. The second kappa shape index (κ2) is 4.18. The van der Waals surface area contributed by atoms with E-state index in [0.29, 0.717) is 5.56 Å². The SMILES string of the molecule is Fc1ccc(-c2cccc3ccncc23)c(F)c1. The molecule has 0 spiro atoms. The molecule has 0 aliphatic rings. The molecule has 0 saturated carbocycles. The molecule has 3 heteroatoms. The van der Waals surface area contributed by atoms with Crippen molar-refractivity contribution in [2.24, 2.45) is 0 Å². The number of fused-ring (bicyclic) bond motifs is 1. The second-order valence-electron chi connectivity index (χ2n) is 4.03. The molecule has 0 N–H and O–H groups in total. The fourth-order valence-corrected chi connectivity index (χ4v) is 2.06. The molecule has 1 heterocycles. The summed E-state index contributed by atoms with van der Waals surface area (Å²) in [6.45, 7) is 0. The zero-order valence-corrected chi connectivity index (χ0v) is 9.40. The lowest BCUT2D eigenvalue weighted by Crippen LogP contribution is -1.88. The van der Waals surface area contributed by atoms with Crippen molar-refractivity contribution in [3.8, 4) is 11.1 Å². The van der Waals surface area contributed by atoms with Crippen LogP contribution in [-0.4, -0.2) is 4.98 Å². The van der Waals surface area contributed by atoms with E-state index in [9.17, 15) is 8.78 Å². The smallest absolute Gasteiger partial charge is 0.133 e. The standard InChI is InChI=1S/C15H9F2N/c16-11-4-5-13(15(17)8-11)12-3-1-2-10-6-7-18-9-14(10)12/h1-9H. The van der Waals surface area contributed by atoms with Gasteiger partial charge in [0.1, 0.15) is 11.6 Å². The fraction of sp³-hybridized carbons (Fsp3) is 0. The van der Waals surface area contributed by atoms with E-state index in [-0.39, 0.29) is 0 Å². The minimum Gasteiger partial charge on any atom is -0.264 e. The van der Waals surface area contributed by atoms with Gasteiger partial charge in [0.15, 0.2) is 0 Å². The largest absolute Gasteiger partial charge is 0.264 e. The monoisotopic (exact) mass is 241 g/mol. The van der Waals surface area contributed by atoms with E-state index in [1.807, 2.05) is 18.2 Å². The zero-order valence-electron chi connectivity index (χ0n) is 9.40. The molecule has 2 aromatic carbocycles. The number of nitrogens with zero attached hydrogens (tertiary/aromatic N) is 1. The van der Waals surface area contributed by atoms with Crippen molar-refractivity contribution in [2.75, 3.05) is 0 Å². The normalized spacial score (nSPS) is 10.8. The Hall–Kier alpha value is -2.29. The summed E-state index contributed by atoms with van der Waals surface area (Å²) >= 11 is 0. The van der Waals surface area contributed by atoms with E-state index in [4.69, 9.17) is 0 Å². The second-order valence-corrected chi connectivity index (χ2v) is 4.03. The van der Waals surface area contributed by atoms with Gasteiger partial charge in [0, 0.05) is 29.4 Å². The molecule has 0 radical (unpaired) electrons. The number of halogens is 2. The molecule has 0 atom stereocenters. The number of benzene rings is 2. The molecule has 0 aliphatic carbocycles. The molecule has 0 amide bonds. The summed E-state index contributed by atoms with van der Waals surface area (Å²) in [5.74, 6) is -1.14. The van der Waals surface area contributed by atoms with Crippen molar-refractivity contribution in [3.63, 3.8) is 0 Å². The Bertz CT molecular complexity index is 717. The number of pyridine rings is 1. The van der Waals surface area contributed by atoms with Gasteiger partial charge in [-0.3, -0.25) is 4.98 Å². The molecule has 18 heavy (non-hydrogen) atoms. The highest BCUT2D eigenvalue weighted by molar-refractivity contribution is 5.96. The van der Waals surface area contributed by atoms with Crippen LogP contribution in [0, 0.1) is 11.6 Å². The minimum absolute atomic E-state index is 0.384. The van der Waals surface area contributed by atoms with Crippen LogP contribution in [0.1, 0.15) is 0 Å². The first kappa shape index (κ1) is 10.8. The van der Waals surface area contributed by atoms with Crippen molar-refractivity contribution in [3.05, 3.63) is 66.5 Å². The van der Waals surface area contributed by atoms with Crippen molar-refractivity contribution in [2.45, 2.75) is 0 Å². The van der Waals surface area contributed by atoms with Crippen LogP contribution in [-0.2, 0) is 0 Å². The molecule has 0 unspecified atom stereocenters. The average Bonchev–Trinajstić information content (AvgIpc) is 2.38. The summed E-state index contributed by atoms with van der Waals surface area (Å²) in [5.41, 5.74) is 1.10. The third kappa shape index (κ3) is 1.74. The molecule has 88 valence electrons. The maximum atomic E-state index is 13.8. The predicted octanol–water partition coefficient (Wildman–Crippen LogP) is 4.18. The van der Waals surface area contributed by atoms with Crippen LogP contribution in [0.2, 0.25) is 0 Å². The fourth-order valence-electron chi connectivity index (χ4n) is 2.06. The predicted molar refractivity (Wildman–Crippen MR) is 67.1 cm³/mol. The zero-order chi connectivity index (χ0) is 12.5. The Morgan fingerprint density at radius 3 is 2.61 bits per heavy atom. The van der Waals surface area contributed by atoms with Gasteiger partial charge in [-0.25, -0.2) is 8.78 Å². The Labute approximate surface area is 103 Å². The Kier molecular flexibility index (Phi) is 2.52. The van der Waals surface area contributed by atoms with Crippen LogP contribution in [0.5, 0.6) is 0 Å². The Balaban J connectivity index is 2.31. The third-order valence-electron chi connectivity index (χ3n) is 2.90. The quantitative estimate of drug-likeness (QED) is 0.622. The van der Waals surface area contributed by atoms with Crippen LogP contribution in [0.25, 0.3) is 21.9 Å². The summed E-state index contributed by atoms with van der Waals surface area (Å²) in [6, 6.07) is 11.0. The van der Waals surface area contributed by atoms with Gasteiger partial charge in [-0.15, -0.1) is 0 Å². The van der Waals surface area contributed by atoms with Crippen LogP contribution in [0.3, 0.4) is 0 Å². The van der Waals surface area contributed by atoms with Gasteiger partial charge in [0.05, 0.1) is 0 Å². The average molecular weight is 241 g/mol. The molecule has 1 nitrogen and oxygen atoms in total. The van der Waals surface area contributed by atoms with Gasteiger partial charge in [0.2, 0.25) is 0 Å². The Morgan fingerprint density at radius 1 is 0.889 bits per heavy atom. The summed E-state index contributed by atoms with van der Waals surface area (Å²) < 4.78 is 26.7. The van der Waals surface area contributed by atoms with E-state index in [0.717, 1.165) is 22.4 Å². The van der Waals surface area contributed by atoms with E-state index in [1.54, 1.807) is 18.5 Å². The molecular weight excluding hydrogens is 232 g/mol. The van der Waals surface area contributed by atoms with Gasteiger partial charge in [-0.05, 0) is 29.1 Å². The maximum Gasteiger partial charge on any atom is 0.133 e. The molecule has 3 aromatic rings. The lowest BCUT2D eigenvalue weighted by molar-refractivity contribution is 0.585. The lowest BCUT2D eigenvalue weighted by atomic mass is 9.99. The summed E-state index contributed by atoms with van der Waals surface area (Å²) in [4.78, 5) is 4.05. The van der Waals surface area contributed by atoms with Gasteiger partial charge in [0.25, 0.3) is 0 Å². The first-order valence-electron chi connectivity index (χ1n) is 5.54. The highest BCUT2D eigenvalue weighted by Crippen LogP contribution is 2.30. The van der Waals surface area contributed by atoms with Crippen molar-refractivity contribution in [1.29, 1.82) is 0 Å². The van der Waals surface area contributed by atoms with Crippen LogP contribution in [0.4, 0.5) is 8.78 Å². The molecular formula is C15H9F2N. The number of hydrogen-bond donors (Lipinski definition) is 0. The maximum absolute atomic E-state index is 13.8. The van der Waals surface area contributed by atoms with E-state index < -0.39 is 11.6 Å². The van der Waals surface area contributed by atoms with Gasteiger partial charge >= 0.3 is 0 Å². The Morgan fingerprint density at radius 2 is 1.78 bits per heavy atom. The first-order chi connectivity index (χ1) is 8.75. The van der Waals surface area contributed by atoms with E-state index in [2.05, 4.69) is 4.98 Å². The lowest BCUT2D eigenvalue weighted by Gasteiger charge is -2.07. The molecule has 3 rings (SSSR count). The number of aromatic nitrogens is 1. The third-order valence-corrected chi connectivity index (χ3v) is 2.90. The van der Waals surface area contributed by atoms with Gasteiger partial charge in [-0.1, -0.05) is 18.2 Å². The van der Waals surface area contributed by atoms with Crippen molar-refractivity contribution in [1.82, 2.24) is 4.98 Å². The van der Waals surface area contributed by atoms with Crippen molar-refractivity contribution >= 4 is 10.8 Å². The van der Waals surface area contributed by atoms with E-state index in [1.165, 1.54) is 12.1 Å². The number of hydrogen-bond acceptors (Lipinski definition) is 1. The van der Waals surface area contributed by atoms with Gasteiger partial charge in [-0.2, -0.15) is 0 Å². The summed E-state index contributed by atoms with van der Waals surface area (Å²) in [5, 5.41) is 1.83. The topological polar surface area (TPSA) is 12.9 Å². The van der Waals surface area contributed by atoms with E-state index >= 15 is 0 Å². The first-order valence-corrected chi connectivity index (χ1v) is 5.54. The van der Waals surface area contributed by atoms with Crippen LogP contribution >= 0.6 is 0 Å². The van der Waals surface area contributed by atoms with Crippen molar-refractivity contribution < 1.29 is 8.78 Å². The van der Waals surface area contributed by atoms with Crippen LogP contribution in [0.15, 0.2) is 54.9 Å². The highest BCUT2D eigenvalue weighted by atomic mass is 19.1.